The first-order valence-corrected chi connectivity index (χ1v) is 8.52. The Morgan fingerprint density at radius 1 is 1.45 bits per heavy atom. The molecular weight excluding hydrogens is 297 g/mol. The largest absolute Gasteiger partial charge is 0.338 e. The van der Waals surface area contributed by atoms with Gasteiger partial charge in [0, 0.05) is 4.90 Å². The summed E-state index contributed by atoms with van der Waals surface area (Å²) in [4.78, 5) is 5.11. The van der Waals surface area contributed by atoms with E-state index in [0.29, 0.717) is 17.5 Å². The zero-order chi connectivity index (χ0) is 14.4. The highest BCUT2D eigenvalue weighted by Crippen LogP contribution is 2.23. The van der Waals surface area contributed by atoms with Gasteiger partial charge in [0.25, 0.3) is 0 Å². The Kier molecular flexibility index (Phi) is 5.87. The Labute approximate surface area is 125 Å². The van der Waals surface area contributed by atoms with E-state index < -0.39 is 0 Å². The molecule has 0 fully saturated rings. The molecule has 0 spiro atoms. The molecule has 0 unspecified atom stereocenters. The van der Waals surface area contributed by atoms with Crippen LogP contribution in [0, 0.1) is 5.82 Å². The van der Waals surface area contributed by atoms with E-state index in [2.05, 4.69) is 10.1 Å². The fourth-order valence-electron chi connectivity index (χ4n) is 1.55. The molecule has 1 heterocycles. The van der Waals surface area contributed by atoms with Crippen molar-refractivity contribution < 1.29 is 8.91 Å². The normalized spacial score (nSPS) is 12.6. The Hall–Kier alpha value is -1.05. The average molecular weight is 313 g/mol. The van der Waals surface area contributed by atoms with Gasteiger partial charge in [-0.2, -0.15) is 16.7 Å². The van der Waals surface area contributed by atoms with Gasteiger partial charge in [-0.25, -0.2) is 4.39 Å². The second kappa shape index (κ2) is 7.66. The fourth-order valence-corrected chi connectivity index (χ4v) is 2.82. The SMILES string of the molecule is CSCC[C@@H](N)c1nc(CSc2cccc(F)c2)no1. The zero-order valence-electron chi connectivity index (χ0n) is 11.1. The summed E-state index contributed by atoms with van der Waals surface area (Å²) in [6.07, 6.45) is 2.83. The van der Waals surface area contributed by atoms with Crippen molar-refractivity contribution in [2.75, 3.05) is 12.0 Å². The molecule has 4 nitrogen and oxygen atoms in total. The third-order valence-electron chi connectivity index (χ3n) is 2.60. The van der Waals surface area contributed by atoms with E-state index in [1.807, 2.05) is 12.3 Å². The van der Waals surface area contributed by atoms with Gasteiger partial charge in [0.15, 0.2) is 5.82 Å². The Morgan fingerprint density at radius 2 is 2.30 bits per heavy atom. The molecule has 0 radical (unpaired) electrons. The average Bonchev–Trinajstić information content (AvgIpc) is 2.91. The molecule has 0 saturated carbocycles. The Balaban J connectivity index is 1.89. The minimum Gasteiger partial charge on any atom is -0.338 e. The maximum Gasteiger partial charge on any atom is 0.243 e. The molecule has 1 aromatic heterocycles. The molecule has 108 valence electrons. The van der Waals surface area contributed by atoms with Gasteiger partial charge in [-0.3, -0.25) is 0 Å². The lowest BCUT2D eigenvalue weighted by Crippen LogP contribution is -2.11. The number of nitrogens with two attached hydrogens (primary N) is 1. The van der Waals surface area contributed by atoms with Crippen molar-refractivity contribution in [1.29, 1.82) is 0 Å². The molecule has 2 rings (SSSR count). The second-order valence-electron chi connectivity index (χ2n) is 4.18. The van der Waals surface area contributed by atoms with E-state index in [-0.39, 0.29) is 11.9 Å². The van der Waals surface area contributed by atoms with E-state index >= 15 is 0 Å². The first-order chi connectivity index (χ1) is 9.69. The van der Waals surface area contributed by atoms with Crippen molar-refractivity contribution in [3.05, 3.63) is 41.8 Å². The summed E-state index contributed by atoms with van der Waals surface area (Å²) in [5.41, 5.74) is 5.96. The minimum absolute atomic E-state index is 0.220. The van der Waals surface area contributed by atoms with Gasteiger partial charge in [-0.15, -0.1) is 11.8 Å². The number of nitrogens with zero attached hydrogens (tertiary/aromatic N) is 2. The van der Waals surface area contributed by atoms with Crippen LogP contribution in [-0.2, 0) is 5.75 Å². The highest BCUT2D eigenvalue weighted by atomic mass is 32.2. The lowest BCUT2D eigenvalue weighted by atomic mass is 10.2. The van der Waals surface area contributed by atoms with Crippen LogP contribution in [0.2, 0.25) is 0 Å². The van der Waals surface area contributed by atoms with Crippen LogP contribution in [0.4, 0.5) is 4.39 Å². The molecule has 20 heavy (non-hydrogen) atoms. The number of benzene rings is 1. The topological polar surface area (TPSA) is 64.9 Å². The molecule has 2 aromatic rings. The van der Waals surface area contributed by atoms with E-state index in [4.69, 9.17) is 10.3 Å². The van der Waals surface area contributed by atoms with Gasteiger partial charge in [0.1, 0.15) is 5.82 Å². The Morgan fingerprint density at radius 3 is 3.05 bits per heavy atom. The molecular formula is C13H16FN3OS2. The van der Waals surface area contributed by atoms with Gasteiger partial charge in [0.2, 0.25) is 5.89 Å². The standard InChI is InChI=1S/C13H16FN3OS2/c1-19-6-5-11(15)13-16-12(17-18-13)8-20-10-4-2-3-9(14)7-10/h2-4,7,11H,5-6,8,15H2,1H3/t11-/m1/s1. The summed E-state index contributed by atoms with van der Waals surface area (Å²) in [5, 5.41) is 3.90. The van der Waals surface area contributed by atoms with Gasteiger partial charge in [-0.1, -0.05) is 11.2 Å². The van der Waals surface area contributed by atoms with Gasteiger partial charge in [0.05, 0.1) is 11.8 Å². The van der Waals surface area contributed by atoms with Crippen LogP contribution in [-0.4, -0.2) is 22.1 Å². The molecule has 0 aliphatic carbocycles. The van der Waals surface area contributed by atoms with Crippen LogP contribution in [0.3, 0.4) is 0 Å². The molecule has 0 saturated heterocycles. The fraction of sp³-hybridized carbons (Fsp3) is 0.385. The monoisotopic (exact) mass is 313 g/mol. The van der Waals surface area contributed by atoms with Gasteiger partial charge >= 0.3 is 0 Å². The van der Waals surface area contributed by atoms with Crippen LogP contribution < -0.4 is 5.73 Å². The molecule has 7 heteroatoms. The molecule has 1 atom stereocenters. The van der Waals surface area contributed by atoms with E-state index in [1.165, 1.54) is 23.9 Å². The Bertz CT molecular complexity index is 550. The van der Waals surface area contributed by atoms with E-state index in [0.717, 1.165) is 17.1 Å². The van der Waals surface area contributed by atoms with E-state index in [1.54, 1.807) is 17.8 Å². The smallest absolute Gasteiger partial charge is 0.243 e. The number of thioether (sulfide) groups is 2. The van der Waals surface area contributed by atoms with Crippen molar-refractivity contribution in [2.24, 2.45) is 5.73 Å². The second-order valence-corrected chi connectivity index (χ2v) is 6.22. The van der Waals surface area contributed by atoms with Crippen molar-refractivity contribution >= 4 is 23.5 Å². The maximum atomic E-state index is 13.0. The van der Waals surface area contributed by atoms with Crippen LogP contribution in [0.5, 0.6) is 0 Å². The number of halogens is 1. The molecule has 1 aromatic carbocycles. The van der Waals surface area contributed by atoms with Crippen molar-refractivity contribution in [2.45, 2.75) is 23.1 Å². The number of hydrogen-bond acceptors (Lipinski definition) is 6. The number of aromatic nitrogens is 2. The lowest BCUT2D eigenvalue weighted by Gasteiger charge is -2.03. The molecule has 2 N–H and O–H groups in total. The molecule has 0 amide bonds. The highest BCUT2D eigenvalue weighted by molar-refractivity contribution is 7.98. The van der Waals surface area contributed by atoms with Crippen LogP contribution in [0.15, 0.2) is 33.7 Å². The first kappa shape index (κ1) is 15.3. The summed E-state index contributed by atoms with van der Waals surface area (Å²) >= 11 is 3.19. The van der Waals surface area contributed by atoms with E-state index in [9.17, 15) is 4.39 Å². The summed E-state index contributed by atoms with van der Waals surface area (Å²) in [6.45, 7) is 0. The van der Waals surface area contributed by atoms with Crippen molar-refractivity contribution in [3.63, 3.8) is 0 Å². The van der Waals surface area contributed by atoms with Crippen LogP contribution in [0.25, 0.3) is 0 Å². The lowest BCUT2D eigenvalue weighted by molar-refractivity contribution is 0.350. The minimum atomic E-state index is -0.247. The predicted molar refractivity (Wildman–Crippen MR) is 80.2 cm³/mol. The van der Waals surface area contributed by atoms with Crippen molar-refractivity contribution in [1.82, 2.24) is 10.1 Å². The number of rotatable bonds is 7. The van der Waals surface area contributed by atoms with Crippen LogP contribution >= 0.6 is 23.5 Å². The molecule has 0 aliphatic heterocycles. The van der Waals surface area contributed by atoms with Gasteiger partial charge in [-0.05, 0) is 36.6 Å². The first-order valence-electron chi connectivity index (χ1n) is 6.14. The third-order valence-corrected chi connectivity index (χ3v) is 4.23. The third kappa shape index (κ3) is 4.50. The predicted octanol–water partition coefficient (Wildman–Crippen LogP) is 3.25. The zero-order valence-corrected chi connectivity index (χ0v) is 12.7. The molecule has 0 aliphatic rings. The summed E-state index contributed by atoms with van der Waals surface area (Å²) in [6, 6.07) is 6.20. The number of hydrogen-bond donors (Lipinski definition) is 1. The summed E-state index contributed by atoms with van der Waals surface area (Å²) in [5.74, 6) is 2.28. The maximum absolute atomic E-state index is 13.0. The molecule has 0 bridgehead atoms. The van der Waals surface area contributed by atoms with Gasteiger partial charge < -0.3 is 10.3 Å². The summed E-state index contributed by atoms with van der Waals surface area (Å²) in [7, 11) is 0. The van der Waals surface area contributed by atoms with Crippen molar-refractivity contribution in [3.8, 4) is 0 Å². The van der Waals surface area contributed by atoms with Crippen LogP contribution in [0.1, 0.15) is 24.2 Å². The highest BCUT2D eigenvalue weighted by Gasteiger charge is 2.14. The quantitative estimate of drug-likeness (QED) is 0.792. The summed E-state index contributed by atoms with van der Waals surface area (Å²) < 4.78 is 18.2.